The zero-order chi connectivity index (χ0) is 12.8. The number of thiophene rings is 1. The summed E-state index contributed by atoms with van der Waals surface area (Å²) in [5, 5.41) is 4.27. The van der Waals surface area contributed by atoms with Gasteiger partial charge in [0.15, 0.2) is 0 Å². The van der Waals surface area contributed by atoms with Crippen LogP contribution in [0.5, 0.6) is 0 Å². The molecule has 2 rings (SSSR count). The number of hydrogen-bond donors (Lipinski definition) is 0. The number of alkyl halides is 1. The van der Waals surface area contributed by atoms with Gasteiger partial charge in [-0.25, -0.2) is 4.39 Å². The predicted octanol–water partition coefficient (Wildman–Crippen LogP) is 4.92. The maximum atomic E-state index is 13.1. The molecule has 1 unspecified atom stereocenters. The van der Waals surface area contributed by atoms with E-state index < -0.39 is 0 Å². The van der Waals surface area contributed by atoms with Crippen molar-refractivity contribution in [3.8, 4) is 0 Å². The molecule has 0 saturated heterocycles. The van der Waals surface area contributed by atoms with Crippen molar-refractivity contribution in [1.29, 1.82) is 0 Å². The van der Waals surface area contributed by atoms with Gasteiger partial charge in [-0.3, -0.25) is 0 Å². The number of hydrogen-bond acceptors (Lipinski definition) is 1. The van der Waals surface area contributed by atoms with Gasteiger partial charge in [0.25, 0.3) is 0 Å². The van der Waals surface area contributed by atoms with Crippen molar-refractivity contribution in [2.24, 2.45) is 5.92 Å². The summed E-state index contributed by atoms with van der Waals surface area (Å²) < 4.78 is 13.1. The first-order valence-corrected chi connectivity index (χ1v) is 7.57. The predicted molar refractivity (Wildman–Crippen MR) is 77.0 cm³/mol. The minimum atomic E-state index is -0.168. The molecule has 0 amide bonds. The summed E-state index contributed by atoms with van der Waals surface area (Å²) in [5.41, 5.74) is 2.40. The molecule has 96 valence electrons. The number of aryl methyl sites for hydroxylation is 1. The lowest BCUT2D eigenvalue weighted by Crippen LogP contribution is -2.08. The highest BCUT2D eigenvalue weighted by atomic mass is 35.5. The molecule has 1 aromatic carbocycles. The van der Waals surface area contributed by atoms with Crippen LogP contribution in [0.3, 0.4) is 0 Å². The molecule has 0 bridgehead atoms. The second kappa shape index (κ2) is 6.91. The quantitative estimate of drug-likeness (QED) is 0.660. The topological polar surface area (TPSA) is 0 Å². The Balaban J connectivity index is 1.89. The fourth-order valence-corrected chi connectivity index (χ4v) is 3.00. The van der Waals surface area contributed by atoms with E-state index in [0.29, 0.717) is 11.8 Å². The Morgan fingerprint density at radius 3 is 2.78 bits per heavy atom. The fourth-order valence-electron chi connectivity index (χ4n) is 2.04. The van der Waals surface area contributed by atoms with Gasteiger partial charge in [0.2, 0.25) is 0 Å². The van der Waals surface area contributed by atoms with Crippen molar-refractivity contribution in [2.75, 3.05) is 5.88 Å². The summed E-state index contributed by atoms with van der Waals surface area (Å²) in [5.74, 6) is 0.868. The molecule has 0 aliphatic rings. The fraction of sp³-hybridized carbons (Fsp3) is 0.333. The third-order valence-corrected chi connectivity index (χ3v) is 4.22. The first kappa shape index (κ1) is 13.6. The molecule has 2 aromatic rings. The summed E-state index contributed by atoms with van der Waals surface area (Å²) in [6.07, 6.45) is 2.96. The van der Waals surface area contributed by atoms with Gasteiger partial charge in [0.05, 0.1) is 0 Å². The molecule has 0 aliphatic heterocycles. The van der Waals surface area contributed by atoms with Crippen molar-refractivity contribution in [1.82, 2.24) is 0 Å². The second-order valence-electron chi connectivity index (χ2n) is 4.52. The van der Waals surface area contributed by atoms with E-state index in [9.17, 15) is 4.39 Å². The highest BCUT2D eigenvalue weighted by Crippen LogP contribution is 2.18. The summed E-state index contributed by atoms with van der Waals surface area (Å²) in [7, 11) is 0. The highest BCUT2D eigenvalue weighted by Gasteiger charge is 2.09. The largest absolute Gasteiger partial charge is 0.207 e. The minimum Gasteiger partial charge on any atom is -0.207 e. The number of benzene rings is 1. The Labute approximate surface area is 116 Å². The standard InChI is InChI=1S/C15H16ClFS/c16-10-14(5-4-12-6-7-18-11-12)8-13-2-1-3-15(17)9-13/h1-3,6-7,9,11,14H,4-5,8,10H2. The molecule has 3 heteroatoms. The lowest BCUT2D eigenvalue weighted by atomic mass is 9.95. The Bertz CT molecular complexity index is 467. The molecule has 1 atom stereocenters. The molecule has 1 heterocycles. The van der Waals surface area contributed by atoms with E-state index in [4.69, 9.17) is 11.6 Å². The van der Waals surface area contributed by atoms with Crippen LogP contribution in [0.25, 0.3) is 0 Å². The molecule has 0 spiro atoms. The summed E-state index contributed by atoms with van der Waals surface area (Å²) in [4.78, 5) is 0. The van der Waals surface area contributed by atoms with Gasteiger partial charge in [-0.05, 0) is 65.3 Å². The van der Waals surface area contributed by atoms with E-state index >= 15 is 0 Å². The van der Waals surface area contributed by atoms with E-state index in [2.05, 4.69) is 16.8 Å². The maximum Gasteiger partial charge on any atom is 0.123 e. The summed E-state index contributed by atoms with van der Waals surface area (Å²) in [6.45, 7) is 0. The molecule has 0 fully saturated rings. The molecular formula is C15H16ClFS. The van der Waals surface area contributed by atoms with Crippen molar-refractivity contribution in [3.63, 3.8) is 0 Å². The van der Waals surface area contributed by atoms with E-state index in [-0.39, 0.29) is 5.82 Å². The Hall–Kier alpha value is -0.860. The van der Waals surface area contributed by atoms with Crippen LogP contribution < -0.4 is 0 Å². The lowest BCUT2D eigenvalue weighted by Gasteiger charge is -2.13. The molecule has 0 radical (unpaired) electrons. The number of rotatable bonds is 6. The monoisotopic (exact) mass is 282 g/mol. The van der Waals surface area contributed by atoms with Gasteiger partial charge in [0.1, 0.15) is 5.82 Å². The summed E-state index contributed by atoms with van der Waals surface area (Å²) >= 11 is 7.73. The Kier molecular flexibility index (Phi) is 5.21. The first-order valence-electron chi connectivity index (χ1n) is 6.09. The van der Waals surface area contributed by atoms with Gasteiger partial charge < -0.3 is 0 Å². The minimum absolute atomic E-state index is 0.168. The van der Waals surface area contributed by atoms with Gasteiger partial charge in [-0.15, -0.1) is 11.6 Å². The third kappa shape index (κ3) is 4.11. The average molecular weight is 283 g/mol. The SMILES string of the molecule is Fc1cccc(CC(CCl)CCc2ccsc2)c1. The molecule has 0 aliphatic carbocycles. The first-order chi connectivity index (χ1) is 8.78. The molecule has 0 nitrogen and oxygen atoms in total. The zero-order valence-corrected chi connectivity index (χ0v) is 11.7. The van der Waals surface area contributed by atoms with Crippen LogP contribution in [-0.4, -0.2) is 5.88 Å². The molecule has 18 heavy (non-hydrogen) atoms. The second-order valence-corrected chi connectivity index (χ2v) is 5.61. The van der Waals surface area contributed by atoms with Crippen molar-refractivity contribution >= 4 is 22.9 Å². The van der Waals surface area contributed by atoms with Crippen LogP contribution in [0.4, 0.5) is 4.39 Å². The van der Waals surface area contributed by atoms with Gasteiger partial charge in [0, 0.05) is 5.88 Å². The molecular weight excluding hydrogens is 267 g/mol. The maximum absolute atomic E-state index is 13.1. The Morgan fingerprint density at radius 1 is 1.22 bits per heavy atom. The molecule has 0 saturated carbocycles. The van der Waals surface area contributed by atoms with Crippen LogP contribution in [-0.2, 0) is 12.8 Å². The smallest absolute Gasteiger partial charge is 0.123 e. The van der Waals surface area contributed by atoms with Gasteiger partial charge in [-0.1, -0.05) is 12.1 Å². The molecule has 1 aromatic heterocycles. The van der Waals surface area contributed by atoms with Crippen LogP contribution in [0.1, 0.15) is 17.5 Å². The van der Waals surface area contributed by atoms with Gasteiger partial charge >= 0.3 is 0 Å². The summed E-state index contributed by atoms with van der Waals surface area (Å²) in [6, 6.07) is 8.95. The zero-order valence-electron chi connectivity index (χ0n) is 10.1. The van der Waals surface area contributed by atoms with E-state index in [1.54, 1.807) is 23.5 Å². The third-order valence-electron chi connectivity index (χ3n) is 3.05. The lowest BCUT2D eigenvalue weighted by molar-refractivity contribution is 0.534. The van der Waals surface area contributed by atoms with Crippen molar-refractivity contribution < 1.29 is 4.39 Å². The normalized spacial score (nSPS) is 12.6. The Morgan fingerprint density at radius 2 is 2.11 bits per heavy atom. The van der Waals surface area contributed by atoms with E-state index in [0.717, 1.165) is 24.8 Å². The van der Waals surface area contributed by atoms with Crippen LogP contribution in [0.15, 0.2) is 41.1 Å². The van der Waals surface area contributed by atoms with Gasteiger partial charge in [-0.2, -0.15) is 11.3 Å². The molecule has 0 N–H and O–H groups in total. The van der Waals surface area contributed by atoms with E-state index in [1.807, 2.05) is 6.07 Å². The van der Waals surface area contributed by atoms with Crippen LogP contribution in [0, 0.1) is 11.7 Å². The average Bonchev–Trinajstić information content (AvgIpc) is 2.87. The van der Waals surface area contributed by atoms with Crippen molar-refractivity contribution in [2.45, 2.75) is 19.3 Å². The van der Waals surface area contributed by atoms with Crippen LogP contribution >= 0.6 is 22.9 Å². The van der Waals surface area contributed by atoms with E-state index in [1.165, 1.54) is 11.6 Å². The highest BCUT2D eigenvalue weighted by molar-refractivity contribution is 7.07. The number of halogens is 2. The van der Waals surface area contributed by atoms with Crippen molar-refractivity contribution in [3.05, 3.63) is 58.0 Å². The van der Waals surface area contributed by atoms with Crippen LogP contribution in [0.2, 0.25) is 0 Å².